The Hall–Kier alpha value is -0.610. The van der Waals surface area contributed by atoms with E-state index < -0.39 is 0 Å². The lowest BCUT2D eigenvalue weighted by atomic mass is 10.1. The van der Waals surface area contributed by atoms with Gasteiger partial charge < -0.3 is 16.4 Å². The van der Waals surface area contributed by atoms with Gasteiger partial charge in [0.05, 0.1) is 0 Å². The largest absolute Gasteiger partial charge is 0.370 e. The van der Waals surface area contributed by atoms with Crippen LogP contribution in [0, 0.1) is 0 Å². The monoisotopic (exact) mass is 185 g/mol. The van der Waals surface area contributed by atoms with Crippen LogP contribution in [0.15, 0.2) is 0 Å². The fourth-order valence-corrected chi connectivity index (χ4v) is 1.61. The molecule has 0 radical (unpaired) electrons. The van der Waals surface area contributed by atoms with Crippen LogP contribution in [0.1, 0.15) is 25.7 Å². The predicted molar refractivity (Wildman–Crippen MR) is 52.3 cm³/mol. The molecule has 0 aromatic carbocycles. The number of hydrogen-bond acceptors (Lipinski definition) is 3. The van der Waals surface area contributed by atoms with E-state index in [0.29, 0.717) is 12.5 Å². The highest BCUT2D eigenvalue weighted by molar-refractivity contribution is 5.73. The highest BCUT2D eigenvalue weighted by Gasteiger charge is 2.10. The van der Waals surface area contributed by atoms with Crippen molar-refractivity contribution < 1.29 is 4.79 Å². The summed E-state index contributed by atoms with van der Waals surface area (Å²) in [6.07, 6.45) is 3.68. The Balaban J connectivity index is 1.95. The highest BCUT2D eigenvalue weighted by Crippen LogP contribution is 2.04. The van der Waals surface area contributed by atoms with Gasteiger partial charge >= 0.3 is 0 Å². The van der Waals surface area contributed by atoms with Crippen molar-refractivity contribution in [3.63, 3.8) is 0 Å². The van der Waals surface area contributed by atoms with Crippen molar-refractivity contribution in [3.8, 4) is 0 Å². The normalized spacial score (nSPS) is 22.9. The van der Waals surface area contributed by atoms with Gasteiger partial charge in [-0.1, -0.05) is 6.42 Å². The molecule has 4 nitrogen and oxygen atoms in total. The van der Waals surface area contributed by atoms with E-state index in [4.69, 9.17) is 5.73 Å². The van der Waals surface area contributed by atoms with Crippen LogP contribution in [0.2, 0.25) is 0 Å². The van der Waals surface area contributed by atoms with E-state index in [1.165, 1.54) is 0 Å². The van der Waals surface area contributed by atoms with Crippen LogP contribution < -0.4 is 16.4 Å². The molecule has 1 saturated heterocycles. The first-order valence-electron chi connectivity index (χ1n) is 5.01. The van der Waals surface area contributed by atoms with Crippen LogP contribution in [0.3, 0.4) is 0 Å². The van der Waals surface area contributed by atoms with E-state index in [0.717, 1.165) is 38.9 Å². The first kappa shape index (κ1) is 10.5. The van der Waals surface area contributed by atoms with E-state index in [-0.39, 0.29) is 5.91 Å². The SMILES string of the molecule is NC(=O)CCCCC1CNCCN1. The van der Waals surface area contributed by atoms with Gasteiger partial charge in [0.15, 0.2) is 0 Å². The Bertz CT molecular complexity index is 155. The number of piperazine rings is 1. The van der Waals surface area contributed by atoms with Crippen molar-refractivity contribution in [1.82, 2.24) is 10.6 Å². The van der Waals surface area contributed by atoms with Gasteiger partial charge in [-0.15, -0.1) is 0 Å². The Morgan fingerprint density at radius 1 is 1.38 bits per heavy atom. The third kappa shape index (κ3) is 4.85. The van der Waals surface area contributed by atoms with Gasteiger partial charge in [-0.3, -0.25) is 4.79 Å². The van der Waals surface area contributed by atoms with Crippen molar-refractivity contribution >= 4 is 5.91 Å². The number of rotatable bonds is 5. The van der Waals surface area contributed by atoms with Crippen molar-refractivity contribution in [2.45, 2.75) is 31.7 Å². The van der Waals surface area contributed by atoms with Crippen LogP contribution in [0.5, 0.6) is 0 Å². The molecule has 1 aliphatic heterocycles. The van der Waals surface area contributed by atoms with Crippen LogP contribution in [-0.4, -0.2) is 31.6 Å². The first-order chi connectivity index (χ1) is 6.29. The van der Waals surface area contributed by atoms with E-state index in [1.54, 1.807) is 0 Å². The number of unbranched alkanes of at least 4 members (excludes halogenated alkanes) is 1. The Morgan fingerprint density at radius 3 is 2.85 bits per heavy atom. The summed E-state index contributed by atoms with van der Waals surface area (Å²) in [6, 6.07) is 0.585. The molecule has 1 atom stereocenters. The standard InChI is InChI=1S/C9H19N3O/c10-9(13)4-2-1-3-8-7-11-5-6-12-8/h8,11-12H,1-7H2,(H2,10,13). The zero-order valence-corrected chi connectivity index (χ0v) is 8.01. The van der Waals surface area contributed by atoms with Gasteiger partial charge in [-0.05, 0) is 12.8 Å². The number of carbonyl (C=O) groups excluding carboxylic acids is 1. The molecule has 0 bridgehead atoms. The van der Waals surface area contributed by atoms with Crippen molar-refractivity contribution in [2.24, 2.45) is 5.73 Å². The van der Waals surface area contributed by atoms with Crippen LogP contribution >= 0.6 is 0 Å². The van der Waals surface area contributed by atoms with Gasteiger partial charge in [0.2, 0.25) is 5.91 Å². The second kappa shape index (κ2) is 5.94. The minimum absolute atomic E-state index is 0.185. The number of hydrogen-bond donors (Lipinski definition) is 3. The van der Waals surface area contributed by atoms with Gasteiger partial charge in [-0.2, -0.15) is 0 Å². The minimum atomic E-state index is -0.185. The summed E-state index contributed by atoms with van der Waals surface area (Å²) in [7, 11) is 0. The summed E-state index contributed by atoms with van der Waals surface area (Å²) < 4.78 is 0. The molecule has 0 aliphatic carbocycles. The first-order valence-corrected chi connectivity index (χ1v) is 5.01. The molecule has 76 valence electrons. The average Bonchev–Trinajstić information content (AvgIpc) is 2.14. The van der Waals surface area contributed by atoms with E-state index >= 15 is 0 Å². The summed E-state index contributed by atoms with van der Waals surface area (Å²) in [5.41, 5.74) is 5.04. The molecule has 0 saturated carbocycles. The molecule has 1 unspecified atom stereocenters. The summed E-state index contributed by atoms with van der Waals surface area (Å²) in [5.74, 6) is -0.185. The molecule has 13 heavy (non-hydrogen) atoms. The van der Waals surface area contributed by atoms with Crippen molar-refractivity contribution in [3.05, 3.63) is 0 Å². The lowest BCUT2D eigenvalue weighted by Crippen LogP contribution is -2.48. The molecule has 4 N–H and O–H groups in total. The molecule has 0 aromatic heterocycles. The van der Waals surface area contributed by atoms with Crippen LogP contribution in [0.4, 0.5) is 0 Å². The summed E-state index contributed by atoms with van der Waals surface area (Å²) >= 11 is 0. The molecule has 1 amide bonds. The quantitative estimate of drug-likeness (QED) is 0.510. The van der Waals surface area contributed by atoms with Crippen LogP contribution in [-0.2, 0) is 4.79 Å². The van der Waals surface area contributed by atoms with Gasteiger partial charge in [0.1, 0.15) is 0 Å². The Kier molecular flexibility index (Phi) is 4.78. The number of carbonyl (C=O) groups is 1. The maximum Gasteiger partial charge on any atom is 0.217 e. The van der Waals surface area contributed by atoms with Crippen molar-refractivity contribution in [2.75, 3.05) is 19.6 Å². The average molecular weight is 185 g/mol. The Morgan fingerprint density at radius 2 is 2.23 bits per heavy atom. The third-order valence-electron chi connectivity index (χ3n) is 2.35. The number of primary amides is 1. The van der Waals surface area contributed by atoms with Crippen LogP contribution in [0.25, 0.3) is 0 Å². The number of amides is 1. The van der Waals surface area contributed by atoms with E-state index in [2.05, 4.69) is 10.6 Å². The van der Waals surface area contributed by atoms with Gasteiger partial charge in [0, 0.05) is 32.1 Å². The second-order valence-corrected chi connectivity index (χ2v) is 3.57. The lowest BCUT2D eigenvalue weighted by Gasteiger charge is -2.24. The fourth-order valence-electron chi connectivity index (χ4n) is 1.61. The Labute approximate surface area is 79.3 Å². The molecule has 1 aliphatic rings. The fraction of sp³-hybridized carbons (Fsp3) is 0.889. The smallest absolute Gasteiger partial charge is 0.217 e. The highest BCUT2D eigenvalue weighted by atomic mass is 16.1. The molecule has 4 heteroatoms. The van der Waals surface area contributed by atoms with Gasteiger partial charge in [-0.25, -0.2) is 0 Å². The summed E-state index contributed by atoms with van der Waals surface area (Å²) in [4.78, 5) is 10.4. The molecular weight excluding hydrogens is 166 g/mol. The topological polar surface area (TPSA) is 67.2 Å². The number of nitrogens with one attached hydrogen (secondary N) is 2. The lowest BCUT2D eigenvalue weighted by molar-refractivity contribution is -0.118. The molecule has 1 fully saturated rings. The van der Waals surface area contributed by atoms with Crippen molar-refractivity contribution in [1.29, 1.82) is 0 Å². The predicted octanol–water partition coefficient (Wildman–Crippen LogP) is -0.406. The van der Waals surface area contributed by atoms with E-state index in [9.17, 15) is 4.79 Å². The number of nitrogens with two attached hydrogens (primary N) is 1. The summed E-state index contributed by atoms with van der Waals surface area (Å²) in [5, 5.41) is 6.76. The second-order valence-electron chi connectivity index (χ2n) is 3.57. The zero-order chi connectivity index (χ0) is 9.52. The maximum absolute atomic E-state index is 10.4. The van der Waals surface area contributed by atoms with Gasteiger partial charge in [0.25, 0.3) is 0 Å². The zero-order valence-electron chi connectivity index (χ0n) is 8.01. The molecular formula is C9H19N3O. The van der Waals surface area contributed by atoms with E-state index in [1.807, 2.05) is 0 Å². The minimum Gasteiger partial charge on any atom is -0.370 e. The molecule has 0 spiro atoms. The third-order valence-corrected chi connectivity index (χ3v) is 2.35. The molecule has 0 aromatic rings. The maximum atomic E-state index is 10.4. The molecule has 1 heterocycles. The molecule has 1 rings (SSSR count). The summed E-state index contributed by atoms with van der Waals surface area (Å²) in [6.45, 7) is 3.18.